The molecule has 0 bridgehead atoms. The molecule has 0 fully saturated rings. The molecule has 126 valence electrons. The number of aromatic hydroxyl groups is 1. The first kappa shape index (κ1) is 16.4. The second-order valence-electron chi connectivity index (χ2n) is 5.97. The van der Waals surface area contributed by atoms with Crippen LogP contribution in [0.4, 0.5) is 0 Å². The van der Waals surface area contributed by atoms with Crippen LogP contribution in [0.25, 0.3) is 26.7 Å². The molecule has 0 aliphatic rings. The number of phenolic OH excluding ortho intramolecular Hbond substituents is 1. The number of fused-ring (bicyclic) bond motifs is 3. The third-order valence-electron chi connectivity index (χ3n) is 4.41. The number of rotatable bonds is 3. The normalized spacial score (nSPS) is 11.4. The first-order valence-electron chi connectivity index (χ1n) is 8.15. The molecule has 0 saturated heterocycles. The van der Waals surface area contributed by atoms with Crippen molar-refractivity contribution in [1.29, 1.82) is 0 Å². The molecule has 0 saturated carbocycles. The maximum Gasteiger partial charge on any atom is 0.273 e. The molecule has 0 aliphatic heterocycles. The fourth-order valence-electron chi connectivity index (χ4n) is 3.38. The number of para-hydroxylation sites is 1. The Morgan fingerprint density at radius 1 is 1.20 bits per heavy atom. The maximum absolute atomic E-state index is 13.2. The van der Waals surface area contributed by atoms with Crippen molar-refractivity contribution in [1.82, 2.24) is 4.57 Å². The van der Waals surface area contributed by atoms with Gasteiger partial charge in [0.15, 0.2) is 0 Å². The minimum Gasteiger partial charge on any atom is -0.508 e. The highest BCUT2D eigenvalue weighted by Gasteiger charge is 2.20. The molecule has 0 unspecified atom stereocenters. The van der Waals surface area contributed by atoms with Gasteiger partial charge in [0.25, 0.3) is 5.56 Å². The standard InChI is InChI=1S/C20H16BrNO2S/c1-2-6-13-16(23)11-15(21)18-17(13)14-9-10-25-19(14)20(24)22(18)12-7-4-3-5-8-12/h3-5,7-11,23H,2,6H2,1H3. The summed E-state index contributed by atoms with van der Waals surface area (Å²) in [5.74, 6) is 0.270. The van der Waals surface area contributed by atoms with E-state index < -0.39 is 0 Å². The van der Waals surface area contributed by atoms with Gasteiger partial charge in [0.1, 0.15) is 10.4 Å². The Hall–Kier alpha value is -2.11. The van der Waals surface area contributed by atoms with Gasteiger partial charge >= 0.3 is 0 Å². The topological polar surface area (TPSA) is 42.2 Å². The summed E-state index contributed by atoms with van der Waals surface area (Å²) in [5, 5.41) is 14.3. The van der Waals surface area contributed by atoms with Crippen LogP contribution in [0.2, 0.25) is 0 Å². The monoisotopic (exact) mass is 413 g/mol. The average molecular weight is 414 g/mol. The Morgan fingerprint density at radius 2 is 1.96 bits per heavy atom. The highest BCUT2D eigenvalue weighted by atomic mass is 79.9. The quantitative estimate of drug-likeness (QED) is 0.472. The highest BCUT2D eigenvalue weighted by molar-refractivity contribution is 9.10. The van der Waals surface area contributed by atoms with Crippen molar-refractivity contribution < 1.29 is 5.11 Å². The number of benzene rings is 2. The second-order valence-corrected chi connectivity index (χ2v) is 7.74. The summed E-state index contributed by atoms with van der Waals surface area (Å²) in [7, 11) is 0. The molecule has 5 heteroatoms. The van der Waals surface area contributed by atoms with E-state index in [0.29, 0.717) is 9.17 Å². The third kappa shape index (κ3) is 2.50. The Kier molecular flexibility index (Phi) is 4.13. The van der Waals surface area contributed by atoms with Crippen LogP contribution in [0.15, 0.2) is 57.1 Å². The van der Waals surface area contributed by atoms with Gasteiger partial charge in [-0.3, -0.25) is 9.36 Å². The van der Waals surface area contributed by atoms with E-state index in [9.17, 15) is 9.90 Å². The number of nitrogens with zero attached hydrogens (tertiary/aromatic N) is 1. The van der Waals surface area contributed by atoms with Gasteiger partial charge in [0, 0.05) is 26.5 Å². The molecule has 2 heterocycles. The fraction of sp³-hybridized carbons (Fsp3) is 0.150. The summed E-state index contributed by atoms with van der Waals surface area (Å²) < 4.78 is 3.18. The highest BCUT2D eigenvalue weighted by Crippen LogP contribution is 2.39. The van der Waals surface area contributed by atoms with Crippen molar-refractivity contribution in [2.75, 3.05) is 0 Å². The second kappa shape index (κ2) is 6.32. The van der Waals surface area contributed by atoms with Gasteiger partial charge in [-0.25, -0.2) is 0 Å². The summed E-state index contributed by atoms with van der Waals surface area (Å²) in [4.78, 5) is 13.2. The van der Waals surface area contributed by atoms with Crippen LogP contribution < -0.4 is 5.56 Å². The Bertz CT molecular complexity index is 1150. The number of hydrogen-bond acceptors (Lipinski definition) is 3. The lowest BCUT2D eigenvalue weighted by atomic mass is 9.99. The van der Waals surface area contributed by atoms with Crippen LogP contribution in [-0.2, 0) is 6.42 Å². The van der Waals surface area contributed by atoms with Crippen LogP contribution in [0, 0.1) is 0 Å². The number of phenols is 1. The molecule has 0 radical (unpaired) electrons. The van der Waals surface area contributed by atoms with Crippen LogP contribution in [0.5, 0.6) is 5.75 Å². The van der Waals surface area contributed by atoms with E-state index in [0.717, 1.165) is 40.4 Å². The SMILES string of the molecule is CCCc1c(O)cc(Br)c2c1c1ccsc1c(=O)n2-c1ccccc1. The molecule has 4 rings (SSSR count). The van der Waals surface area contributed by atoms with Crippen LogP contribution in [0.1, 0.15) is 18.9 Å². The van der Waals surface area contributed by atoms with Gasteiger partial charge in [-0.2, -0.15) is 0 Å². The predicted octanol–water partition coefficient (Wildman–Crippen LogP) is 5.63. The first-order valence-corrected chi connectivity index (χ1v) is 9.82. The lowest BCUT2D eigenvalue weighted by molar-refractivity contribution is 0.468. The van der Waals surface area contributed by atoms with Crippen molar-refractivity contribution in [3.05, 3.63) is 68.2 Å². The number of aryl methyl sites for hydroxylation is 1. The van der Waals surface area contributed by atoms with E-state index in [4.69, 9.17) is 0 Å². The van der Waals surface area contributed by atoms with Crippen molar-refractivity contribution in [2.45, 2.75) is 19.8 Å². The summed E-state index contributed by atoms with van der Waals surface area (Å²) in [5.41, 5.74) is 2.50. The van der Waals surface area contributed by atoms with Gasteiger partial charge in [-0.15, -0.1) is 11.3 Å². The molecule has 25 heavy (non-hydrogen) atoms. The lowest BCUT2D eigenvalue weighted by Gasteiger charge is -2.17. The minimum atomic E-state index is -0.0301. The molecule has 2 aromatic carbocycles. The fourth-order valence-corrected chi connectivity index (χ4v) is 4.80. The number of thiophene rings is 1. The summed E-state index contributed by atoms with van der Waals surface area (Å²) >= 11 is 5.02. The molecule has 3 nitrogen and oxygen atoms in total. The van der Waals surface area contributed by atoms with E-state index >= 15 is 0 Å². The average Bonchev–Trinajstić information content (AvgIpc) is 3.10. The lowest BCUT2D eigenvalue weighted by Crippen LogP contribution is -2.19. The van der Waals surface area contributed by atoms with E-state index in [2.05, 4.69) is 22.9 Å². The van der Waals surface area contributed by atoms with E-state index in [1.54, 1.807) is 10.6 Å². The van der Waals surface area contributed by atoms with Crippen LogP contribution in [0.3, 0.4) is 0 Å². The van der Waals surface area contributed by atoms with Gasteiger partial charge in [-0.05, 0) is 52.0 Å². The zero-order chi connectivity index (χ0) is 17.6. The zero-order valence-electron chi connectivity index (χ0n) is 13.6. The Balaban J connectivity index is 2.31. The summed E-state index contributed by atoms with van der Waals surface area (Å²) in [6.07, 6.45) is 1.67. The molecular formula is C20H16BrNO2S. The van der Waals surface area contributed by atoms with Crippen molar-refractivity contribution in [2.24, 2.45) is 0 Å². The van der Waals surface area contributed by atoms with Crippen molar-refractivity contribution in [3.63, 3.8) is 0 Å². The van der Waals surface area contributed by atoms with Gasteiger partial charge in [0.05, 0.1) is 5.52 Å². The van der Waals surface area contributed by atoms with Crippen molar-refractivity contribution >= 4 is 48.3 Å². The molecule has 0 aliphatic carbocycles. The number of pyridine rings is 1. The molecule has 0 amide bonds. The summed E-state index contributed by atoms with van der Waals surface area (Å²) in [6.45, 7) is 2.09. The Labute approximate surface area is 157 Å². The first-order chi connectivity index (χ1) is 12.1. The molecule has 4 aromatic rings. The van der Waals surface area contributed by atoms with E-state index in [1.165, 1.54) is 11.3 Å². The van der Waals surface area contributed by atoms with Crippen molar-refractivity contribution in [3.8, 4) is 11.4 Å². The molecule has 1 N–H and O–H groups in total. The number of hydrogen-bond donors (Lipinski definition) is 1. The van der Waals surface area contributed by atoms with Crippen LogP contribution >= 0.6 is 27.3 Å². The number of halogens is 1. The smallest absolute Gasteiger partial charge is 0.273 e. The predicted molar refractivity (Wildman–Crippen MR) is 108 cm³/mol. The zero-order valence-corrected chi connectivity index (χ0v) is 16.0. The van der Waals surface area contributed by atoms with Gasteiger partial charge in [0.2, 0.25) is 0 Å². The molecule has 2 aromatic heterocycles. The minimum absolute atomic E-state index is 0.0301. The van der Waals surface area contributed by atoms with Gasteiger partial charge < -0.3 is 5.11 Å². The van der Waals surface area contributed by atoms with Crippen LogP contribution in [-0.4, -0.2) is 9.67 Å². The molecule has 0 atom stereocenters. The maximum atomic E-state index is 13.2. The molecule has 0 spiro atoms. The third-order valence-corrected chi connectivity index (χ3v) is 5.91. The van der Waals surface area contributed by atoms with E-state index in [-0.39, 0.29) is 11.3 Å². The molecular weight excluding hydrogens is 398 g/mol. The number of aromatic nitrogens is 1. The Morgan fingerprint density at radius 3 is 2.68 bits per heavy atom. The van der Waals surface area contributed by atoms with E-state index in [1.807, 2.05) is 41.8 Å². The van der Waals surface area contributed by atoms with Gasteiger partial charge in [-0.1, -0.05) is 31.5 Å². The largest absolute Gasteiger partial charge is 0.508 e. The summed E-state index contributed by atoms with van der Waals surface area (Å²) in [6, 6.07) is 13.3.